The Kier molecular flexibility index (Phi) is 19.8. The molecule has 2 atom stereocenters. The number of nitrogens with zero attached hydrogens (tertiary/aromatic N) is 1. The summed E-state index contributed by atoms with van der Waals surface area (Å²) in [6.45, 7) is 4.30. The Labute approximate surface area is 218 Å². The molecule has 1 heterocycles. The molecule has 0 unspecified atom stereocenters. The molecule has 0 saturated carbocycles. The lowest BCUT2D eigenvalue weighted by molar-refractivity contribution is -0.870. The first kappa shape index (κ1) is 32.4. The van der Waals surface area contributed by atoms with Crippen molar-refractivity contribution in [1.29, 1.82) is 0 Å². The van der Waals surface area contributed by atoms with Gasteiger partial charge in [-0.05, 0) is 32.1 Å². The van der Waals surface area contributed by atoms with Crippen LogP contribution in [0.1, 0.15) is 135 Å². The molecule has 0 aliphatic carbocycles. The predicted molar refractivity (Wildman–Crippen MR) is 146 cm³/mol. The zero-order valence-electron chi connectivity index (χ0n) is 24.0. The minimum Gasteiger partial charge on any atom is -0.463 e. The number of carbonyl (C=O) groups excluding carboxylic acids is 1. The molecule has 5 nitrogen and oxygen atoms in total. The smallest absolute Gasteiger partial charge is 0.305 e. The first-order valence-corrected chi connectivity index (χ1v) is 15.1. The van der Waals surface area contributed by atoms with E-state index in [1.807, 2.05) is 0 Å². The molecule has 0 aromatic heterocycles. The fourth-order valence-electron chi connectivity index (χ4n) is 4.72. The van der Waals surface area contributed by atoms with E-state index in [4.69, 9.17) is 14.2 Å². The van der Waals surface area contributed by atoms with Crippen molar-refractivity contribution in [2.45, 2.75) is 148 Å². The highest BCUT2D eigenvalue weighted by Gasteiger charge is 2.26. The second-order valence-corrected chi connectivity index (χ2v) is 11.8. The molecule has 35 heavy (non-hydrogen) atoms. The number of hydrogen-bond donors (Lipinski definition) is 0. The van der Waals surface area contributed by atoms with Crippen LogP contribution in [-0.4, -0.2) is 63.7 Å². The lowest BCUT2D eigenvalue weighted by Crippen LogP contribution is -2.35. The Morgan fingerprint density at radius 1 is 0.743 bits per heavy atom. The second kappa shape index (κ2) is 21.4. The molecular formula is C30H60NO4+. The third kappa shape index (κ3) is 21.2. The first-order chi connectivity index (χ1) is 16.9. The predicted octanol–water partition coefficient (Wildman–Crippen LogP) is 7.80. The summed E-state index contributed by atoms with van der Waals surface area (Å²) in [4.78, 5) is 11.9. The van der Waals surface area contributed by atoms with Gasteiger partial charge in [-0.1, -0.05) is 96.8 Å². The van der Waals surface area contributed by atoms with Crippen LogP contribution in [0.2, 0.25) is 0 Å². The van der Waals surface area contributed by atoms with Crippen LogP contribution >= 0.6 is 0 Å². The quantitative estimate of drug-likeness (QED) is 0.0773. The first-order valence-electron chi connectivity index (χ1n) is 15.1. The van der Waals surface area contributed by atoms with E-state index in [0.717, 1.165) is 43.1 Å². The molecule has 0 bridgehead atoms. The Hall–Kier alpha value is -0.650. The highest BCUT2D eigenvalue weighted by molar-refractivity contribution is 5.69. The Morgan fingerprint density at radius 3 is 1.80 bits per heavy atom. The number of ether oxygens (including phenoxy) is 3. The minimum absolute atomic E-state index is 0.0986. The van der Waals surface area contributed by atoms with Crippen molar-refractivity contribution in [1.82, 2.24) is 0 Å². The second-order valence-electron chi connectivity index (χ2n) is 11.8. The number of rotatable bonds is 24. The van der Waals surface area contributed by atoms with Crippen LogP contribution < -0.4 is 0 Å². The number of unbranched alkanes of at least 4 members (excludes halogenated alkanes) is 16. The van der Waals surface area contributed by atoms with Gasteiger partial charge in [0, 0.05) is 6.42 Å². The van der Waals surface area contributed by atoms with E-state index >= 15 is 0 Å². The van der Waals surface area contributed by atoms with Crippen molar-refractivity contribution >= 4 is 5.97 Å². The van der Waals surface area contributed by atoms with Crippen molar-refractivity contribution in [3.05, 3.63) is 0 Å². The van der Waals surface area contributed by atoms with Crippen LogP contribution in [0.5, 0.6) is 0 Å². The molecule has 0 radical (unpaired) electrons. The van der Waals surface area contributed by atoms with Crippen LogP contribution in [0.25, 0.3) is 0 Å². The van der Waals surface area contributed by atoms with Gasteiger partial charge in [-0.25, -0.2) is 0 Å². The van der Waals surface area contributed by atoms with Crippen molar-refractivity contribution in [2.24, 2.45) is 0 Å². The summed E-state index contributed by atoms with van der Waals surface area (Å²) in [5.74, 6) is -0.107. The largest absolute Gasteiger partial charge is 0.463 e. The molecule has 1 fully saturated rings. The van der Waals surface area contributed by atoms with E-state index < -0.39 is 0 Å². The standard InChI is InChI=1S/C30H60NO4/c1-5-6-7-8-9-10-11-12-13-14-15-16-17-18-21-24-30-34-27-28(35-30)26-33-29(32)23-20-19-22-25-31(2,3)4/h28,30H,5-27H2,1-4H3/q+1/t28-,30-/m1/s1. The lowest BCUT2D eigenvalue weighted by Gasteiger charge is -2.23. The number of esters is 1. The fraction of sp³-hybridized carbons (Fsp3) is 0.967. The molecular weight excluding hydrogens is 438 g/mol. The molecule has 1 aliphatic heterocycles. The number of quaternary nitrogens is 1. The average Bonchev–Trinajstić information content (AvgIpc) is 3.27. The molecule has 0 amide bonds. The van der Waals surface area contributed by atoms with E-state index in [1.54, 1.807) is 0 Å². The minimum atomic E-state index is -0.115. The van der Waals surface area contributed by atoms with Gasteiger partial charge in [0.05, 0.1) is 34.3 Å². The van der Waals surface area contributed by atoms with Gasteiger partial charge in [0.25, 0.3) is 0 Å². The summed E-state index contributed by atoms with van der Waals surface area (Å²) in [6.07, 6.45) is 25.1. The Morgan fingerprint density at radius 2 is 1.26 bits per heavy atom. The lowest BCUT2D eigenvalue weighted by atomic mass is 10.0. The highest BCUT2D eigenvalue weighted by atomic mass is 16.7. The fourth-order valence-corrected chi connectivity index (χ4v) is 4.72. The van der Waals surface area contributed by atoms with Crippen LogP contribution in [0.3, 0.4) is 0 Å². The molecule has 0 N–H and O–H groups in total. The van der Waals surface area contributed by atoms with Crippen molar-refractivity contribution in [2.75, 3.05) is 40.9 Å². The number of hydrogen-bond acceptors (Lipinski definition) is 4. The zero-order valence-corrected chi connectivity index (χ0v) is 24.0. The molecule has 0 spiro atoms. The third-order valence-corrected chi connectivity index (χ3v) is 7.00. The van der Waals surface area contributed by atoms with Crippen molar-refractivity contribution in [3.63, 3.8) is 0 Å². The summed E-state index contributed by atoms with van der Waals surface area (Å²) < 4.78 is 18.0. The summed E-state index contributed by atoms with van der Waals surface area (Å²) in [5.41, 5.74) is 0. The maximum absolute atomic E-state index is 11.9. The average molecular weight is 499 g/mol. The van der Waals surface area contributed by atoms with Gasteiger partial charge in [-0.3, -0.25) is 4.79 Å². The molecule has 1 aliphatic rings. The van der Waals surface area contributed by atoms with E-state index in [-0.39, 0.29) is 18.4 Å². The maximum Gasteiger partial charge on any atom is 0.305 e. The number of carbonyl (C=O) groups is 1. The summed E-state index contributed by atoms with van der Waals surface area (Å²) >= 11 is 0. The topological polar surface area (TPSA) is 44.8 Å². The maximum atomic E-state index is 11.9. The van der Waals surface area contributed by atoms with E-state index in [1.165, 1.54) is 89.9 Å². The highest BCUT2D eigenvalue weighted by Crippen LogP contribution is 2.19. The van der Waals surface area contributed by atoms with Crippen molar-refractivity contribution < 1.29 is 23.5 Å². The molecule has 0 aromatic carbocycles. The van der Waals surface area contributed by atoms with Gasteiger partial charge < -0.3 is 18.7 Å². The Bertz CT molecular complexity index is 491. The van der Waals surface area contributed by atoms with E-state index in [0.29, 0.717) is 19.6 Å². The van der Waals surface area contributed by atoms with Crippen LogP contribution in [0.15, 0.2) is 0 Å². The van der Waals surface area contributed by atoms with Gasteiger partial charge in [0.15, 0.2) is 6.29 Å². The summed E-state index contributed by atoms with van der Waals surface area (Å²) in [7, 11) is 6.60. The molecule has 1 saturated heterocycles. The van der Waals surface area contributed by atoms with Crippen LogP contribution in [0.4, 0.5) is 0 Å². The molecule has 0 aromatic rings. The van der Waals surface area contributed by atoms with Crippen LogP contribution in [0, 0.1) is 0 Å². The SMILES string of the molecule is CCCCCCCCCCCCCCCCC[C@@H]1OC[C@@H](COC(=O)CCCCC[N+](C)(C)C)O1. The zero-order chi connectivity index (χ0) is 25.6. The third-order valence-electron chi connectivity index (χ3n) is 7.00. The monoisotopic (exact) mass is 498 g/mol. The van der Waals surface area contributed by atoms with Gasteiger partial charge in [0.2, 0.25) is 0 Å². The van der Waals surface area contributed by atoms with Gasteiger partial charge in [-0.2, -0.15) is 0 Å². The normalized spacial score (nSPS) is 18.3. The Balaban J connectivity index is 1.84. The van der Waals surface area contributed by atoms with E-state index in [2.05, 4.69) is 28.1 Å². The van der Waals surface area contributed by atoms with Gasteiger partial charge >= 0.3 is 5.97 Å². The summed E-state index contributed by atoms with van der Waals surface area (Å²) in [5, 5.41) is 0. The van der Waals surface area contributed by atoms with Gasteiger partial charge in [-0.15, -0.1) is 0 Å². The van der Waals surface area contributed by atoms with Crippen molar-refractivity contribution in [3.8, 4) is 0 Å². The summed E-state index contributed by atoms with van der Waals surface area (Å²) in [6, 6.07) is 0. The van der Waals surface area contributed by atoms with Gasteiger partial charge in [0.1, 0.15) is 12.7 Å². The molecule has 5 heteroatoms. The molecule has 1 rings (SSSR count). The molecule has 208 valence electrons. The van der Waals surface area contributed by atoms with E-state index in [9.17, 15) is 4.79 Å². The van der Waals surface area contributed by atoms with Crippen LogP contribution in [-0.2, 0) is 19.0 Å².